The number of aryl methyl sites for hydroxylation is 1. The molecular weight excluding hydrogens is 318 g/mol. The summed E-state index contributed by atoms with van der Waals surface area (Å²) < 4.78 is 0. The van der Waals surface area contributed by atoms with Crippen molar-refractivity contribution in [2.45, 2.75) is 25.8 Å². The molecule has 0 unspecified atom stereocenters. The molecule has 2 fully saturated rings. The van der Waals surface area contributed by atoms with Crippen LogP contribution in [0.15, 0.2) is 36.7 Å². The highest BCUT2D eigenvalue weighted by atomic mass is 32.1. The molecule has 2 atom stereocenters. The number of amides is 1. The van der Waals surface area contributed by atoms with Crippen LogP contribution < -0.4 is 0 Å². The molecule has 126 valence electrons. The van der Waals surface area contributed by atoms with Crippen molar-refractivity contribution in [3.8, 4) is 0 Å². The number of nitrogens with zero attached hydrogens (tertiary/aromatic N) is 3. The number of pyridine rings is 1. The summed E-state index contributed by atoms with van der Waals surface area (Å²) in [4.78, 5) is 24.0. The quantitative estimate of drug-likeness (QED) is 0.858. The Balaban J connectivity index is 1.28. The first-order valence-electron chi connectivity index (χ1n) is 8.67. The molecule has 2 aromatic rings. The van der Waals surface area contributed by atoms with Gasteiger partial charge in [0, 0.05) is 66.7 Å². The van der Waals surface area contributed by atoms with Crippen LogP contribution in [0.3, 0.4) is 0 Å². The Bertz CT molecular complexity index is 706. The fourth-order valence-corrected chi connectivity index (χ4v) is 4.60. The second kappa shape index (κ2) is 6.65. The second-order valence-corrected chi connectivity index (χ2v) is 8.17. The van der Waals surface area contributed by atoms with Crippen molar-refractivity contribution in [3.05, 3.63) is 52.0 Å². The minimum atomic E-state index is 0.231. The molecule has 0 N–H and O–H groups in total. The van der Waals surface area contributed by atoms with E-state index in [4.69, 9.17) is 0 Å². The molecule has 0 aromatic carbocycles. The second-order valence-electron chi connectivity index (χ2n) is 6.85. The number of aromatic nitrogens is 1. The number of carbonyl (C=O) groups excluding carboxylic acids is 1. The normalized spacial score (nSPS) is 24.1. The Labute approximate surface area is 147 Å². The lowest BCUT2D eigenvalue weighted by atomic mass is 10.2. The van der Waals surface area contributed by atoms with Crippen LogP contribution in [0, 0.1) is 12.8 Å². The van der Waals surface area contributed by atoms with E-state index < -0.39 is 0 Å². The van der Waals surface area contributed by atoms with Gasteiger partial charge >= 0.3 is 0 Å². The molecule has 4 rings (SSSR count). The summed E-state index contributed by atoms with van der Waals surface area (Å²) in [6.07, 6.45) is 4.72. The zero-order chi connectivity index (χ0) is 16.5. The summed E-state index contributed by atoms with van der Waals surface area (Å²) in [5.74, 6) is 1.08. The van der Waals surface area contributed by atoms with Crippen molar-refractivity contribution in [1.29, 1.82) is 0 Å². The maximum atomic E-state index is 12.7. The van der Waals surface area contributed by atoms with Gasteiger partial charge < -0.3 is 4.90 Å². The van der Waals surface area contributed by atoms with Crippen LogP contribution in [0.5, 0.6) is 0 Å². The number of thiophene rings is 1. The van der Waals surface area contributed by atoms with Crippen molar-refractivity contribution < 1.29 is 4.79 Å². The molecule has 4 nitrogen and oxygen atoms in total. The maximum Gasteiger partial charge on any atom is 0.226 e. The predicted molar refractivity (Wildman–Crippen MR) is 96.0 cm³/mol. The third kappa shape index (κ3) is 3.37. The van der Waals surface area contributed by atoms with E-state index in [0.717, 1.165) is 39.1 Å². The largest absolute Gasteiger partial charge is 0.340 e. The molecule has 1 saturated carbocycles. The molecule has 1 amide bonds. The molecule has 1 aliphatic carbocycles. The van der Waals surface area contributed by atoms with Crippen LogP contribution >= 0.6 is 11.3 Å². The number of hydrogen-bond donors (Lipinski definition) is 0. The van der Waals surface area contributed by atoms with E-state index in [2.05, 4.69) is 46.0 Å². The van der Waals surface area contributed by atoms with E-state index in [1.807, 2.05) is 23.7 Å². The highest BCUT2D eigenvalue weighted by molar-refractivity contribution is 7.12. The molecule has 24 heavy (non-hydrogen) atoms. The lowest BCUT2D eigenvalue weighted by Crippen LogP contribution is -2.48. The molecule has 2 aliphatic rings. The predicted octanol–water partition coefficient (Wildman–Crippen LogP) is 2.90. The Morgan fingerprint density at radius 3 is 2.58 bits per heavy atom. The standard InChI is InChI=1S/C19H23N3OS/c1-14-2-3-18(24-14)16-12-17(16)19(23)22-10-8-21(9-11-22)13-15-4-6-20-7-5-15/h2-7,16-17H,8-13H2,1H3/t16-,17+/m1/s1. The zero-order valence-corrected chi connectivity index (χ0v) is 14.8. The lowest BCUT2D eigenvalue weighted by molar-refractivity contribution is -0.134. The Morgan fingerprint density at radius 2 is 1.92 bits per heavy atom. The van der Waals surface area contributed by atoms with Crippen LogP contribution in [-0.4, -0.2) is 46.9 Å². The first-order valence-corrected chi connectivity index (χ1v) is 9.49. The number of piperazine rings is 1. The van der Waals surface area contributed by atoms with E-state index in [-0.39, 0.29) is 5.92 Å². The summed E-state index contributed by atoms with van der Waals surface area (Å²) in [7, 11) is 0. The summed E-state index contributed by atoms with van der Waals surface area (Å²) in [5, 5.41) is 0. The first kappa shape index (κ1) is 15.8. The van der Waals surface area contributed by atoms with Crippen LogP contribution in [0.25, 0.3) is 0 Å². The Hall–Kier alpha value is -1.72. The van der Waals surface area contributed by atoms with Gasteiger partial charge in [0.1, 0.15) is 0 Å². The van der Waals surface area contributed by atoms with E-state index in [0.29, 0.717) is 11.8 Å². The van der Waals surface area contributed by atoms with Crippen molar-refractivity contribution in [1.82, 2.24) is 14.8 Å². The summed E-state index contributed by atoms with van der Waals surface area (Å²) in [5.41, 5.74) is 1.29. The van der Waals surface area contributed by atoms with Crippen LogP contribution in [0.1, 0.15) is 27.7 Å². The van der Waals surface area contributed by atoms with E-state index in [9.17, 15) is 4.79 Å². The first-order chi connectivity index (χ1) is 11.7. The molecule has 1 saturated heterocycles. The average Bonchev–Trinajstić information content (AvgIpc) is 3.30. The van der Waals surface area contributed by atoms with Gasteiger partial charge in [0.25, 0.3) is 0 Å². The average molecular weight is 341 g/mol. The summed E-state index contributed by atoms with van der Waals surface area (Å²) in [6.45, 7) is 6.72. The van der Waals surface area contributed by atoms with Gasteiger partial charge in [0.15, 0.2) is 0 Å². The van der Waals surface area contributed by atoms with Crippen molar-refractivity contribution in [3.63, 3.8) is 0 Å². The van der Waals surface area contributed by atoms with E-state index in [1.54, 1.807) is 0 Å². The smallest absolute Gasteiger partial charge is 0.226 e. The van der Waals surface area contributed by atoms with Crippen molar-refractivity contribution >= 4 is 17.2 Å². The summed E-state index contributed by atoms with van der Waals surface area (Å²) >= 11 is 1.84. The van der Waals surface area contributed by atoms with Gasteiger partial charge in [-0.25, -0.2) is 0 Å². The van der Waals surface area contributed by atoms with E-state index in [1.165, 1.54) is 15.3 Å². The van der Waals surface area contributed by atoms with Crippen LogP contribution in [0.4, 0.5) is 0 Å². The molecule has 2 aromatic heterocycles. The minimum absolute atomic E-state index is 0.231. The molecule has 3 heterocycles. The highest BCUT2D eigenvalue weighted by Gasteiger charge is 2.46. The van der Waals surface area contributed by atoms with Gasteiger partial charge in [-0.2, -0.15) is 0 Å². The maximum absolute atomic E-state index is 12.7. The topological polar surface area (TPSA) is 36.4 Å². The van der Waals surface area contributed by atoms with Gasteiger partial charge in [0.05, 0.1) is 0 Å². The van der Waals surface area contributed by atoms with Gasteiger partial charge in [0.2, 0.25) is 5.91 Å². The van der Waals surface area contributed by atoms with Gasteiger partial charge in [-0.3, -0.25) is 14.7 Å². The van der Waals surface area contributed by atoms with Gasteiger partial charge in [-0.1, -0.05) is 0 Å². The van der Waals surface area contributed by atoms with E-state index >= 15 is 0 Å². The number of rotatable bonds is 4. The third-order valence-electron chi connectivity index (χ3n) is 5.07. The number of hydrogen-bond acceptors (Lipinski definition) is 4. The Kier molecular flexibility index (Phi) is 4.37. The SMILES string of the molecule is Cc1ccc([C@@H]2C[C@@H]2C(=O)N2CCN(Cc3ccncc3)CC2)s1. The third-order valence-corrected chi connectivity index (χ3v) is 6.21. The molecule has 5 heteroatoms. The summed E-state index contributed by atoms with van der Waals surface area (Å²) in [6, 6.07) is 8.49. The molecule has 1 aliphatic heterocycles. The lowest BCUT2D eigenvalue weighted by Gasteiger charge is -2.35. The highest BCUT2D eigenvalue weighted by Crippen LogP contribution is 2.50. The molecular formula is C19H23N3OS. The van der Waals surface area contributed by atoms with Crippen molar-refractivity contribution in [2.24, 2.45) is 5.92 Å². The van der Waals surface area contributed by atoms with Crippen molar-refractivity contribution in [2.75, 3.05) is 26.2 Å². The fourth-order valence-electron chi connectivity index (χ4n) is 3.54. The molecule has 0 spiro atoms. The number of carbonyl (C=O) groups is 1. The van der Waals surface area contributed by atoms with Gasteiger partial charge in [-0.05, 0) is 43.2 Å². The fraction of sp³-hybridized carbons (Fsp3) is 0.474. The van der Waals surface area contributed by atoms with Crippen LogP contribution in [-0.2, 0) is 11.3 Å². The Morgan fingerprint density at radius 1 is 1.17 bits per heavy atom. The minimum Gasteiger partial charge on any atom is -0.340 e. The molecule has 0 radical (unpaired) electrons. The monoisotopic (exact) mass is 341 g/mol. The molecule has 0 bridgehead atoms. The van der Waals surface area contributed by atoms with Gasteiger partial charge in [-0.15, -0.1) is 11.3 Å². The van der Waals surface area contributed by atoms with Crippen LogP contribution in [0.2, 0.25) is 0 Å². The zero-order valence-electron chi connectivity index (χ0n) is 14.0.